The lowest BCUT2D eigenvalue weighted by Crippen LogP contribution is -2.27. The summed E-state index contributed by atoms with van der Waals surface area (Å²) in [6, 6.07) is 5.29. The van der Waals surface area contributed by atoms with Gasteiger partial charge in [0, 0.05) is 5.69 Å². The van der Waals surface area contributed by atoms with E-state index < -0.39 is 0 Å². The molecule has 2 N–H and O–H groups in total. The molecular weight excluding hydrogens is 266 g/mol. The van der Waals surface area contributed by atoms with Crippen molar-refractivity contribution < 1.29 is 14.3 Å². The van der Waals surface area contributed by atoms with Gasteiger partial charge in [-0.1, -0.05) is 12.8 Å². The van der Waals surface area contributed by atoms with E-state index in [9.17, 15) is 4.79 Å². The van der Waals surface area contributed by atoms with Crippen LogP contribution in [0.3, 0.4) is 0 Å². The molecule has 1 saturated carbocycles. The first kappa shape index (κ1) is 14.4. The van der Waals surface area contributed by atoms with Crippen LogP contribution in [0.2, 0.25) is 0 Å². The lowest BCUT2D eigenvalue weighted by molar-refractivity contribution is -0.0598. The van der Waals surface area contributed by atoms with Gasteiger partial charge in [0.05, 0.1) is 17.3 Å². The highest BCUT2D eigenvalue weighted by Gasteiger charge is 2.42. The summed E-state index contributed by atoms with van der Waals surface area (Å²) in [7, 11) is 0. The molecule has 0 aromatic heterocycles. The Morgan fingerprint density at radius 3 is 2.81 bits per heavy atom. The summed E-state index contributed by atoms with van der Waals surface area (Å²) in [6.45, 7) is 2.26. The molecule has 2 fully saturated rings. The molecule has 0 bridgehead atoms. The van der Waals surface area contributed by atoms with Crippen LogP contribution in [0.15, 0.2) is 18.2 Å². The number of hydrogen-bond acceptors (Lipinski definition) is 4. The Kier molecular flexibility index (Phi) is 3.89. The van der Waals surface area contributed by atoms with Gasteiger partial charge in [-0.3, -0.25) is 0 Å². The molecule has 1 spiro atoms. The molecule has 21 heavy (non-hydrogen) atoms. The van der Waals surface area contributed by atoms with Crippen molar-refractivity contribution in [2.45, 2.75) is 57.2 Å². The molecule has 1 aliphatic carbocycles. The summed E-state index contributed by atoms with van der Waals surface area (Å²) in [6.07, 6.45) is 6.98. The van der Waals surface area contributed by atoms with Gasteiger partial charge in [0.2, 0.25) is 0 Å². The van der Waals surface area contributed by atoms with Gasteiger partial charge in [-0.15, -0.1) is 0 Å². The van der Waals surface area contributed by atoms with Gasteiger partial charge in [0.15, 0.2) is 0 Å². The van der Waals surface area contributed by atoms with E-state index in [1.807, 2.05) is 13.0 Å². The Balaban J connectivity index is 1.54. The number of nitrogen functional groups attached to an aromatic ring is 1. The first-order chi connectivity index (χ1) is 10.1. The van der Waals surface area contributed by atoms with Crippen LogP contribution in [0.4, 0.5) is 5.69 Å². The quantitative estimate of drug-likeness (QED) is 0.685. The molecule has 1 unspecified atom stereocenters. The Morgan fingerprint density at radius 1 is 1.33 bits per heavy atom. The minimum absolute atomic E-state index is 0.0502. The van der Waals surface area contributed by atoms with Crippen LogP contribution in [0.5, 0.6) is 0 Å². The van der Waals surface area contributed by atoms with E-state index in [2.05, 4.69) is 0 Å². The van der Waals surface area contributed by atoms with Crippen LogP contribution in [-0.4, -0.2) is 24.3 Å². The standard InChI is InChI=1S/C17H23NO3/c1-12-8-13(10-14(18)9-12)16(19)20-11-15-4-7-17(21-15)5-2-3-6-17/h8-10,15H,2-7,11,18H2,1H3. The molecule has 4 heteroatoms. The van der Waals surface area contributed by atoms with Gasteiger partial charge in [0.1, 0.15) is 6.61 Å². The maximum absolute atomic E-state index is 12.1. The van der Waals surface area contributed by atoms with Crippen molar-refractivity contribution in [3.63, 3.8) is 0 Å². The van der Waals surface area contributed by atoms with Gasteiger partial charge in [-0.2, -0.15) is 0 Å². The molecule has 2 aliphatic rings. The predicted octanol–water partition coefficient (Wildman–Crippen LogP) is 3.23. The number of aryl methyl sites for hydroxylation is 1. The summed E-state index contributed by atoms with van der Waals surface area (Å²) in [5.41, 5.74) is 7.91. The van der Waals surface area contributed by atoms with Crippen molar-refractivity contribution in [1.82, 2.24) is 0 Å². The number of carbonyl (C=O) groups excluding carboxylic acids is 1. The third kappa shape index (κ3) is 3.21. The predicted molar refractivity (Wildman–Crippen MR) is 81.2 cm³/mol. The molecule has 114 valence electrons. The summed E-state index contributed by atoms with van der Waals surface area (Å²) in [4.78, 5) is 12.1. The number of rotatable bonds is 3. The second kappa shape index (κ2) is 5.68. The first-order valence-corrected chi connectivity index (χ1v) is 7.78. The average Bonchev–Trinajstić information content (AvgIpc) is 3.06. The monoisotopic (exact) mass is 289 g/mol. The highest BCUT2D eigenvalue weighted by atomic mass is 16.6. The third-order valence-corrected chi connectivity index (χ3v) is 4.59. The summed E-state index contributed by atoms with van der Waals surface area (Å²) < 4.78 is 11.5. The second-order valence-electron chi connectivity index (χ2n) is 6.40. The van der Waals surface area contributed by atoms with Crippen LogP contribution >= 0.6 is 0 Å². The second-order valence-corrected chi connectivity index (χ2v) is 6.40. The van der Waals surface area contributed by atoms with Crippen molar-refractivity contribution in [3.05, 3.63) is 29.3 Å². The maximum atomic E-state index is 12.1. The number of anilines is 1. The Hall–Kier alpha value is -1.55. The van der Waals surface area contributed by atoms with Crippen LogP contribution in [0, 0.1) is 6.92 Å². The van der Waals surface area contributed by atoms with E-state index in [-0.39, 0.29) is 17.7 Å². The molecule has 3 rings (SSSR count). The van der Waals surface area contributed by atoms with Gasteiger partial charge >= 0.3 is 5.97 Å². The fourth-order valence-corrected chi connectivity index (χ4v) is 3.58. The summed E-state index contributed by atoms with van der Waals surface area (Å²) >= 11 is 0. The lowest BCUT2D eigenvalue weighted by atomic mass is 9.98. The zero-order valence-corrected chi connectivity index (χ0v) is 12.6. The number of nitrogens with two attached hydrogens (primary N) is 1. The van der Waals surface area contributed by atoms with Gasteiger partial charge in [-0.05, 0) is 56.4 Å². The summed E-state index contributed by atoms with van der Waals surface area (Å²) in [5.74, 6) is -0.318. The van der Waals surface area contributed by atoms with Crippen molar-refractivity contribution in [2.75, 3.05) is 12.3 Å². The fraction of sp³-hybridized carbons (Fsp3) is 0.588. The van der Waals surface area contributed by atoms with Crippen molar-refractivity contribution >= 4 is 11.7 Å². The molecule has 1 heterocycles. The molecule has 1 aromatic rings. The fourth-order valence-electron chi connectivity index (χ4n) is 3.58. The highest BCUT2D eigenvalue weighted by molar-refractivity contribution is 5.90. The van der Waals surface area contributed by atoms with Crippen molar-refractivity contribution in [3.8, 4) is 0 Å². The lowest BCUT2D eigenvalue weighted by Gasteiger charge is -2.23. The Morgan fingerprint density at radius 2 is 2.10 bits per heavy atom. The van der Waals surface area contributed by atoms with E-state index in [0.29, 0.717) is 17.9 Å². The highest BCUT2D eigenvalue weighted by Crippen LogP contribution is 2.43. The van der Waals surface area contributed by atoms with Crippen molar-refractivity contribution in [2.24, 2.45) is 0 Å². The molecular formula is C17H23NO3. The largest absolute Gasteiger partial charge is 0.459 e. The van der Waals surface area contributed by atoms with Gasteiger partial charge in [-0.25, -0.2) is 4.79 Å². The van der Waals surface area contributed by atoms with Crippen LogP contribution in [0.1, 0.15) is 54.4 Å². The number of esters is 1. The SMILES string of the molecule is Cc1cc(N)cc(C(=O)OCC2CCC3(CCCC3)O2)c1. The van der Waals surface area contributed by atoms with E-state index >= 15 is 0 Å². The maximum Gasteiger partial charge on any atom is 0.338 e. The normalized spacial score (nSPS) is 23.6. The molecule has 4 nitrogen and oxygen atoms in total. The van der Waals surface area contributed by atoms with Gasteiger partial charge < -0.3 is 15.2 Å². The Labute approximate surface area is 125 Å². The number of ether oxygens (including phenoxy) is 2. The van der Waals surface area contributed by atoms with Crippen LogP contribution in [0.25, 0.3) is 0 Å². The number of benzene rings is 1. The minimum Gasteiger partial charge on any atom is -0.459 e. The molecule has 1 atom stereocenters. The smallest absolute Gasteiger partial charge is 0.338 e. The van der Waals surface area contributed by atoms with Crippen LogP contribution in [-0.2, 0) is 9.47 Å². The van der Waals surface area contributed by atoms with Crippen LogP contribution < -0.4 is 5.73 Å². The minimum atomic E-state index is -0.318. The van der Waals surface area contributed by atoms with E-state index in [0.717, 1.165) is 31.2 Å². The van der Waals surface area contributed by atoms with E-state index in [1.54, 1.807) is 12.1 Å². The third-order valence-electron chi connectivity index (χ3n) is 4.59. The summed E-state index contributed by atoms with van der Waals surface area (Å²) in [5, 5.41) is 0. The average molecular weight is 289 g/mol. The Bertz CT molecular complexity index is 515. The zero-order valence-electron chi connectivity index (χ0n) is 12.6. The van der Waals surface area contributed by atoms with Gasteiger partial charge in [0.25, 0.3) is 0 Å². The number of carbonyl (C=O) groups is 1. The molecule has 0 radical (unpaired) electrons. The topological polar surface area (TPSA) is 61.6 Å². The molecule has 0 amide bonds. The van der Waals surface area contributed by atoms with E-state index in [4.69, 9.17) is 15.2 Å². The first-order valence-electron chi connectivity index (χ1n) is 7.78. The zero-order chi connectivity index (χ0) is 14.9. The van der Waals surface area contributed by atoms with Crippen molar-refractivity contribution in [1.29, 1.82) is 0 Å². The molecule has 1 aromatic carbocycles. The molecule has 1 saturated heterocycles. The number of hydrogen-bond donors (Lipinski definition) is 1. The van der Waals surface area contributed by atoms with E-state index in [1.165, 1.54) is 12.8 Å². The molecule has 1 aliphatic heterocycles.